The highest BCUT2D eigenvalue weighted by Crippen LogP contribution is 2.44. The average Bonchev–Trinajstić information content (AvgIpc) is 3.09. The van der Waals surface area contributed by atoms with Crippen LogP contribution in [-0.4, -0.2) is 33.2 Å². The largest absolute Gasteiger partial charge is 0.352 e. The summed E-state index contributed by atoms with van der Waals surface area (Å²) in [7, 11) is -3.57. The molecule has 0 aliphatic heterocycles. The van der Waals surface area contributed by atoms with Gasteiger partial charge in [-0.1, -0.05) is 24.1 Å². The molecule has 1 aromatic rings. The number of anilines is 1. The van der Waals surface area contributed by atoms with Crippen molar-refractivity contribution in [3.8, 4) is 0 Å². The summed E-state index contributed by atoms with van der Waals surface area (Å²) in [5, 5.41) is 3.51. The van der Waals surface area contributed by atoms with Crippen LogP contribution in [0.4, 0.5) is 5.69 Å². The summed E-state index contributed by atoms with van der Waals surface area (Å²) in [6.45, 7) is 1.63. The third-order valence-corrected chi connectivity index (χ3v) is 6.76. The van der Waals surface area contributed by atoms with E-state index in [4.69, 9.17) is 11.6 Å². The van der Waals surface area contributed by atoms with Gasteiger partial charge in [0, 0.05) is 11.1 Å². The van der Waals surface area contributed by atoms with Gasteiger partial charge in [0.2, 0.25) is 15.9 Å². The van der Waals surface area contributed by atoms with E-state index in [0.29, 0.717) is 16.6 Å². The van der Waals surface area contributed by atoms with Crippen LogP contribution in [0.5, 0.6) is 0 Å². The number of fused-ring (bicyclic) bond motifs is 2. The number of benzene rings is 1. The smallest absolute Gasteiger partial charge is 0.241 e. The van der Waals surface area contributed by atoms with E-state index >= 15 is 0 Å². The first-order valence-corrected chi connectivity index (χ1v) is 10.5. The number of rotatable bonds is 5. The molecule has 2 fully saturated rings. The Labute approximate surface area is 148 Å². The number of nitrogens with one attached hydrogen (secondary N) is 1. The lowest BCUT2D eigenvalue weighted by Crippen LogP contribution is -2.45. The van der Waals surface area contributed by atoms with E-state index in [1.54, 1.807) is 18.2 Å². The fourth-order valence-electron chi connectivity index (χ4n) is 3.94. The quantitative estimate of drug-likeness (QED) is 0.866. The molecule has 2 bridgehead atoms. The van der Waals surface area contributed by atoms with Crippen molar-refractivity contribution >= 4 is 33.2 Å². The van der Waals surface area contributed by atoms with E-state index in [-0.39, 0.29) is 18.5 Å². The maximum absolute atomic E-state index is 12.4. The standard InChI is InChI=1S/C17H23ClN2O3S/c1-11-3-6-14(9-15(11)18)20(24(2,22)23)10-17(21)19-16-8-12-4-5-13(16)7-12/h3,6,9,12-13,16H,4-5,7-8,10H2,1-2H3,(H,19,21)/t12-,13+,16+/m0/s1. The predicted octanol–water partition coefficient (Wildman–Crippen LogP) is 2.72. The Balaban J connectivity index is 1.72. The van der Waals surface area contributed by atoms with Gasteiger partial charge in [0.1, 0.15) is 6.54 Å². The van der Waals surface area contributed by atoms with Crippen molar-refractivity contribution in [2.24, 2.45) is 11.8 Å². The minimum atomic E-state index is -3.57. The minimum Gasteiger partial charge on any atom is -0.352 e. The molecule has 0 spiro atoms. The predicted molar refractivity (Wildman–Crippen MR) is 95.8 cm³/mol. The second kappa shape index (κ2) is 6.56. The van der Waals surface area contributed by atoms with E-state index in [1.807, 2.05) is 6.92 Å². The number of sulfonamides is 1. The molecule has 3 atom stereocenters. The lowest BCUT2D eigenvalue weighted by Gasteiger charge is -2.26. The van der Waals surface area contributed by atoms with E-state index in [2.05, 4.69) is 5.32 Å². The average molecular weight is 371 g/mol. The Hall–Kier alpha value is -1.27. The van der Waals surface area contributed by atoms with Gasteiger partial charge in [0.25, 0.3) is 0 Å². The molecule has 2 aliphatic rings. The molecule has 1 aromatic carbocycles. The summed E-state index contributed by atoms with van der Waals surface area (Å²) in [6.07, 6.45) is 5.73. The van der Waals surface area contributed by atoms with Crippen LogP contribution in [0.1, 0.15) is 31.2 Å². The minimum absolute atomic E-state index is 0.194. The first-order chi connectivity index (χ1) is 11.2. The number of aryl methyl sites for hydroxylation is 1. The first kappa shape index (κ1) is 17.5. The molecule has 0 heterocycles. The van der Waals surface area contributed by atoms with Crippen molar-refractivity contribution in [3.05, 3.63) is 28.8 Å². The highest BCUT2D eigenvalue weighted by Gasteiger charge is 2.40. The van der Waals surface area contributed by atoms with Gasteiger partial charge in [0.05, 0.1) is 11.9 Å². The van der Waals surface area contributed by atoms with Crippen molar-refractivity contribution in [2.45, 2.75) is 38.6 Å². The normalized spacial score (nSPS) is 25.7. The third-order valence-electron chi connectivity index (χ3n) is 5.22. The number of nitrogens with zero attached hydrogens (tertiary/aromatic N) is 1. The summed E-state index contributed by atoms with van der Waals surface area (Å²) >= 11 is 6.10. The summed E-state index contributed by atoms with van der Waals surface area (Å²) in [4.78, 5) is 12.4. The second-order valence-corrected chi connectivity index (χ2v) is 9.37. The van der Waals surface area contributed by atoms with Crippen LogP contribution in [0.15, 0.2) is 18.2 Å². The molecule has 1 N–H and O–H groups in total. The Morgan fingerprint density at radius 2 is 2.08 bits per heavy atom. The van der Waals surface area contributed by atoms with Crippen LogP contribution >= 0.6 is 11.6 Å². The van der Waals surface area contributed by atoms with Gasteiger partial charge in [-0.3, -0.25) is 9.10 Å². The van der Waals surface area contributed by atoms with Crippen LogP contribution in [0, 0.1) is 18.8 Å². The van der Waals surface area contributed by atoms with Crippen LogP contribution in [0.2, 0.25) is 5.02 Å². The number of carbonyl (C=O) groups is 1. The first-order valence-electron chi connectivity index (χ1n) is 8.27. The lowest BCUT2D eigenvalue weighted by atomic mass is 9.95. The lowest BCUT2D eigenvalue weighted by molar-refractivity contribution is -0.120. The monoisotopic (exact) mass is 370 g/mol. The highest BCUT2D eigenvalue weighted by molar-refractivity contribution is 7.92. The Morgan fingerprint density at radius 3 is 2.62 bits per heavy atom. The van der Waals surface area contributed by atoms with Crippen molar-refractivity contribution < 1.29 is 13.2 Å². The van der Waals surface area contributed by atoms with Crippen molar-refractivity contribution in [2.75, 3.05) is 17.1 Å². The number of hydrogen-bond donors (Lipinski definition) is 1. The third kappa shape index (κ3) is 3.70. The summed E-state index contributed by atoms with van der Waals surface area (Å²) in [5.74, 6) is 1.02. The SMILES string of the molecule is Cc1ccc(N(CC(=O)N[C@@H]2C[C@H]3CC[C@@H]2C3)S(C)(=O)=O)cc1Cl. The van der Waals surface area contributed by atoms with Gasteiger partial charge in [-0.25, -0.2) is 8.42 Å². The molecule has 0 radical (unpaired) electrons. The van der Waals surface area contributed by atoms with Gasteiger partial charge in [-0.15, -0.1) is 0 Å². The van der Waals surface area contributed by atoms with Gasteiger partial charge in [0.15, 0.2) is 0 Å². The van der Waals surface area contributed by atoms with Gasteiger partial charge in [-0.05, 0) is 55.7 Å². The Morgan fingerprint density at radius 1 is 1.33 bits per heavy atom. The molecule has 0 aromatic heterocycles. The van der Waals surface area contributed by atoms with Crippen molar-refractivity contribution in [3.63, 3.8) is 0 Å². The molecule has 24 heavy (non-hydrogen) atoms. The second-order valence-electron chi connectivity index (χ2n) is 7.05. The molecule has 2 aliphatic carbocycles. The zero-order chi connectivity index (χ0) is 17.5. The van der Waals surface area contributed by atoms with Gasteiger partial charge >= 0.3 is 0 Å². The summed E-state index contributed by atoms with van der Waals surface area (Å²) in [5.41, 5.74) is 1.27. The summed E-state index contributed by atoms with van der Waals surface area (Å²) in [6, 6.07) is 5.21. The fourth-order valence-corrected chi connectivity index (χ4v) is 4.96. The van der Waals surface area contributed by atoms with E-state index in [0.717, 1.165) is 28.5 Å². The molecule has 0 unspecified atom stereocenters. The molecule has 5 nitrogen and oxygen atoms in total. The van der Waals surface area contributed by atoms with Crippen molar-refractivity contribution in [1.82, 2.24) is 5.32 Å². The highest BCUT2D eigenvalue weighted by atomic mass is 35.5. The maximum Gasteiger partial charge on any atom is 0.241 e. The molecular formula is C17H23ClN2O3S. The van der Waals surface area contributed by atoms with Crippen molar-refractivity contribution in [1.29, 1.82) is 0 Å². The number of carbonyl (C=O) groups excluding carboxylic acids is 1. The van der Waals surface area contributed by atoms with Crippen LogP contribution in [0.3, 0.4) is 0 Å². The molecule has 7 heteroatoms. The maximum atomic E-state index is 12.4. The van der Waals surface area contributed by atoms with Crippen LogP contribution in [0.25, 0.3) is 0 Å². The molecular weight excluding hydrogens is 348 g/mol. The summed E-state index contributed by atoms with van der Waals surface area (Å²) < 4.78 is 25.4. The van der Waals surface area contributed by atoms with E-state index in [1.165, 1.54) is 19.3 Å². The van der Waals surface area contributed by atoms with Crippen LogP contribution in [-0.2, 0) is 14.8 Å². The zero-order valence-corrected chi connectivity index (χ0v) is 15.5. The fraction of sp³-hybridized carbons (Fsp3) is 0.588. The number of halogens is 1. The zero-order valence-electron chi connectivity index (χ0n) is 14.0. The molecule has 0 saturated heterocycles. The number of hydrogen-bond acceptors (Lipinski definition) is 3. The van der Waals surface area contributed by atoms with Gasteiger partial charge in [-0.2, -0.15) is 0 Å². The molecule has 132 valence electrons. The molecule has 2 saturated carbocycles. The molecule has 1 amide bonds. The Bertz CT molecular complexity index is 750. The molecule has 3 rings (SSSR count). The Kier molecular flexibility index (Phi) is 4.80. The van der Waals surface area contributed by atoms with Gasteiger partial charge < -0.3 is 5.32 Å². The topological polar surface area (TPSA) is 66.5 Å². The van der Waals surface area contributed by atoms with Crippen LogP contribution < -0.4 is 9.62 Å². The van der Waals surface area contributed by atoms with E-state index < -0.39 is 10.0 Å². The number of amides is 1. The van der Waals surface area contributed by atoms with E-state index in [9.17, 15) is 13.2 Å².